The van der Waals surface area contributed by atoms with Crippen LogP contribution >= 0.6 is 0 Å². The van der Waals surface area contributed by atoms with Gasteiger partial charge in [-0.15, -0.1) is 0 Å². The molecule has 2 aliphatic heterocycles. The molecule has 2 saturated heterocycles. The van der Waals surface area contributed by atoms with Crippen LogP contribution in [0, 0.1) is 5.41 Å². The van der Waals surface area contributed by atoms with E-state index in [2.05, 4.69) is 21.7 Å². The molecule has 2 fully saturated rings. The Labute approximate surface area is 91.1 Å². The van der Waals surface area contributed by atoms with E-state index in [0.717, 1.165) is 52.5 Å². The van der Waals surface area contributed by atoms with Crippen LogP contribution in [0.2, 0.25) is 0 Å². The predicted octanol–water partition coefficient (Wildman–Crippen LogP) is -0.499. The second-order valence-electron chi connectivity index (χ2n) is 4.21. The van der Waals surface area contributed by atoms with Crippen LogP contribution in [-0.4, -0.2) is 80.2 Å². The van der Waals surface area contributed by atoms with Gasteiger partial charge in [-0.3, -0.25) is 5.41 Å². The topological polar surface area (TPSA) is 42.8 Å². The van der Waals surface area contributed by atoms with Crippen LogP contribution in [0.4, 0.5) is 0 Å². The summed E-state index contributed by atoms with van der Waals surface area (Å²) in [6.45, 7) is 7.33. The summed E-state index contributed by atoms with van der Waals surface area (Å²) < 4.78 is 5.29. The Bertz CT molecular complexity index is 219. The molecular weight excluding hydrogens is 192 g/mol. The zero-order chi connectivity index (χ0) is 10.7. The molecule has 2 aliphatic rings. The summed E-state index contributed by atoms with van der Waals surface area (Å²) in [5.74, 6) is 0.686. The first-order valence-electron chi connectivity index (χ1n) is 5.62. The molecule has 0 aromatic carbocycles. The van der Waals surface area contributed by atoms with Gasteiger partial charge in [0.25, 0.3) is 0 Å². The monoisotopic (exact) mass is 212 g/mol. The molecule has 15 heavy (non-hydrogen) atoms. The lowest BCUT2D eigenvalue weighted by Crippen LogP contribution is -2.54. The maximum absolute atomic E-state index is 8.12. The number of guanidine groups is 1. The molecule has 0 bridgehead atoms. The third kappa shape index (κ3) is 2.60. The maximum Gasteiger partial charge on any atom is 0.193 e. The number of piperazine rings is 1. The van der Waals surface area contributed by atoms with E-state index in [4.69, 9.17) is 10.1 Å². The van der Waals surface area contributed by atoms with E-state index < -0.39 is 0 Å². The first-order chi connectivity index (χ1) is 7.27. The van der Waals surface area contributed by atoms with Crippen molar-refractivity contribution in [2.75, 3.05) is 59.5 Å². The van der Waals surface area contributed by atoms with Crippen molar-refractivity contribution >= 4 is 5.96 Å². The molecule has 0 aromatic rings. The van der Waals surface area contributed by atoms with E-state index in [9.17, 15) is 0 Å². The zero-order valence-corrected chi connectivity index (χ0v) is 9.41. The highest BCUT2D eigenvalue weighted by Gasteiger charge is 2.22. The average Bonchev–Trinajstić information content (AvgIpc) is 2.30. The van der Waals surface area contributed by atoms with Crippen LogP contribution in [0.5, 0.6) is 0 Å². The number of nitrogens with zero attached hydrogens (tertiary/aromatic N) is 3. The summed E-state index contributed by atoms with van der Waals surface area (Å²) >= 11 is 0. The van der Waals surface area contributed by atoms with Crippen molar-refractivity contribution in [3.63, 3.8) is 0 Å². The smallest absolute Gasteiger partial charge is 0.193 e. The lowest BCUT2D eigenvalue weighted by Gasteiger charge is -2.39. The Morgan fingerprint density at radius 1 is 0.933 bits per heavy atom. The van der Waals surface area contributed by atoms with Crippen molar-refractivity contribution in [2.45, 2.75) is 0 Å². The quantitative estimate of drug-likeness (QED) is 0.434. The van der Waals surface area contributed by atoms with Crippen LogP contribution in [0.25, 0.3) is 0 Å². The van der Waals surface area contributed by atoms with Gasteiger partial charge in [0.2, 0.25) is 0 Å². The van der Waals surface area contributed by atoms with Gasteiger partial charge >= 0.3 is 0 Å². The molecule has 0 spiro atoms. The van der Waals surface area contributed by atoms with Crippen LogP contribution in [0.1, 0.15) is 0 Å². The molecule has 2 rings (SSSR count). The van der Waals surface area contributed by atoms with E-state index in [1.165, 1.54) is 0 Å². The highest BCUT2D eigenvalue weighted by Crippen LogP contribution is 2.05. The van der Waals surface area contributed by atoms with Gasteiger partial charge in [0, 0.05) is 39.3 Å². The largest absolute Gasteiger partial charge is 0.378 e. The summed E-state index contributed by atoms with van der Waals surface area (Å²) in [4.78, 5) is 6.60. The van der Waals surface area contributed by atoms with Gasteiger partial charge in [-0.25, -0.2) is 0 Å². The van der Waals surface area contributed by atoms with Gasteiger partial charge < -0.3 is 19.4 Å². The van der Waals surface area contributed by atoms with E-state index in [1.54, 1.807) is 0 Å². The lowest BCUT2D eigenvalue weighted by atomic mass is 10.3. The molecule has 86 valence electrons. The van der Waals surface area contributed by atoms with Crippen molar-refractivity contribution < 1.29 is 4.74 Å². The van der Waals surface area contributed by atoms with Crippen molar-refractivity contribution in [1.29, 1.82) is 5.41 Å². The number of hydrogen-bond donors (Lipinski definition) is 1. The molecule has 1 N–H and O–H groups in total. The zero-order valence-electron chi connectivity index (χ0n) is 9.41. The molecule has 0 aromatic heterocycles. The molecule has 0 atom stereocenters. The standard InChI is InChI=1S/C10H20N4O/c1-12-2-4-13(5-3-12)10(11)14-6-8-15-9-7-14/h11H,2-9H2,1H3. The van der Waals surface area contributed by atoms with Gasteiger partial charge in [-0.05, 0) is 7.05 Å². The summed E-state index contributed by atoms with van der Waals surface area (Å²) in [6, 6.07) is 0. The summed E-state index contributed by atoms with van der Waals surface area (Å²) in [5.41, 5.74) is 0. The Balaban J connectivity index is 1.84. The van der Waals surface area contributed by atoms with Gasteiger partial charge in [-0.2, -0.15) is 0 Å². The van der Waals surface area contributed by atoms with Crippen LogP contribution in [0.15, 0.2) is 0 Å². The molecule has 5 heteroatoms. The third-order valence-corrected chi connectivity index (χ3v) is 3.11. The number of nitrogens with one attached hydrogen (secondary N) is 1. The average molecular weight is 212 g/mol. The van der Waals surface area contributed by atoms with Gasteiger partial charge in [-0.1, -0.05) is 0 Å². The summed E-state index contributed by atoms with van der Waals surface area (Å²) in [5, 5.41) is 8.12. The van der Waals surface area contributed by atoms with Gasteiger partial charge in [0.1, 0.15) is 0 Å². The molecule has 0 unspecified atom stereocenters. The Morgan fingerprint density at radius 2 is 1.47 bits per heavy atom. The first-order valence-corrected chi connectivity index (χ1v) is 5.62. The fraction of sp³-hybridized carbons (Fsp3) is 0.900. The summed E-state index contributed by atoms with van der Waals surface area (Å²) in [6.07, 6.45) is 0. The van der Waals surface area contributed by atoms with Crippen molar-refractivity contribution in [1.82, 2.24) is 14.7 Å². The minimum absolute atomic E-state index is 0.686. The minimum atomic E-state index is 0.686. The van der Waals surface area contributed by atoms with Crippen molar-refractivity contribution in [2.24, 2.45) is 0 Å². The fourth-order valence-electron chi connectivity index (χ4n) is 1.99. The van der Waals surface area contributed by atoms with Gasteiger partial charge in [0.05, 0.1) is 13.2 Å². The van der Waals surface area contributed by atoms with E-state index >= 15 is 0 Å². The fourth-order valence-corrected chi connectivity index (χ4v) is 1.99. The van der Waals surface area contributed by atoms with Crippen LogP contribution in [-0.2, 0) is 4.74 Å². The molecule has 0 saturated carbocycles. The van der Waals surface area contributed by atoms with Gasteiger partial charge in [0.15, 0.2) is 5.96 Å². The Hall–Kier alpha value is -0.810. The van der Waals surface area contributed by atoms with E-state index in [1.807, 2.05) is 0 Å². The number of morpholine rings is 1. The van der Waals surface area contributed by atoms with E-state index in [-0.39, 0.29) is 0 Å². The highest BCUT2D eigenvalue weighted by molar-refractivity contribution is 5.77. The van der Waals surface area contributed by atoms with E-state index in [0.29, 0.717) is 5.96 Å². The normalized spacial score (nSPS) is 24.3. The molecule has 0 amide bonds. The second-order valence-corrected chi connectivity index (χ2v) is 4.21. The van der Waals surface area contributed by atoms with Crippen molar-refractivity contribution in [3.05, 3.63) is 0 Å². The number of hydrogen-bond acceptors (Lipinski definition) is 3. The first kappa shape index (κ1) is 10.7. The Kier molecular flexibility index (Phi) is 3.43. The molecule has 2 heterocycles. The highest BCUT2D eigenvalue weighted by atomic mass is 16.5. The summed E-state index contributed by atoms with van der Waals surface area (Å²) in [7, 11) is 2.13. The Morgan fingerprint density at radius 3 is 2.07 bits per heavy atom. The predicted molar refractivity (Wildman–Crippen MR) is 59.2 cm³/mol. The van der Waals surface area contributed by atoms with Crippen molar-refractivity contribution in [3.8, 4) is 0 Å². The molecule has 0 radical (unpaired) electrons. The molecule has 0 aliphatic carbocycles. The lowest BCUT2D eigenvalue weighted by molar-refractivity contribution is 0.0593. The van der Waals surface area contributed by atoms with Crippen LogP contribution in [0.3, 0.4) is 0 Å². The molecular formula is C10H20N4O. The number of ether oxygens (including phenoxy) is 1. The second kappa shape index (κ2) is 4.81. The minimum Gasteiger partial charge on any atom is -0.378 e. The third-order valence-electron chi connectivity index (χ3n) is 3.11. The van der Waals surface area contributed by atoms with Crippen LogP contribution < -0.4 is 0 Å². The maximum atomic E-state index is 8.12. The number of rotatable bonds is 0. The molecule has 5 nitrogen and oxygen atoms in total. The SMILES string of the molecule is CN1CCN(C(=N)N2CCOCC2)CC1. The number of likely N-dealkylation sites (N-methyl/N-ethyl adjacent to an activating group) is 1.